The van der Waals surface area contributed by atoms with Gasteiger partial charge in [0, 0.05) is 22.4 Å². The summed E-state index contributed by atoms with van der Waals surface area (Å²) >= 11 is 3.55. The van der Waals surface area contributed by atoms with Crippen LogP contribution in [0.15, 0.2) is 41.0 Å². The fourth-order valence-corrected chi connectivity index (χ4v) is 2.30. The summed E-state index contributed by atoms with van der Waals surface area (Å²) in [5, 5.41) is 0. The largest absolute Gasteiger partial charge is 0.497 e. The Labute approximate surface area is 121 Å². The van der Waals surface area contributed by atoms with Gasteiger partial charge in [-0.3, -0.25) is 4.98 Å². The number of pyridine rings is 1. The van der Waals surface area contributed by atoms with Gasteiger partial charge in [0.25, 0.3) is 0 Å². The molecule has 1 unspecified atom stereocenters. The number of aromatic nitrogens is 1. The van der Waals surface area contributed by atoms with E-state index < -0.39 is 0 Å². The molecule has 0 saturated heterocycles. The van der Waals surface area contributed by atoms with Crippen molar-refractivity contribution in [2.75, 3.05) is 7.11 Å². The molecular weight excluding hydrogens is 304 g/mol. The van der Waals surface area contributed by atoms with Gasteiger partial charge in [-0.2, -0.15) is 0 Å². The summed E-state index contributed by atoms with van der Waals surface area (Å²) in [7, 11) is 1.66. The third-order valence-corrected chi connectivity index (χ3v) is 3.83. The van der Waals surface area contributed by atoms with Crippen molar-refractivity contribution >= 4 is 15.9 Å². The van der Waals surface area contributed by atoms with Crippen molar-refractivity contribution in [3.8, 4) is 5.75 Å². The zero-order chi connectivity index (χ0) is 13.8. The van der Waals surface area contributed by atoms with E-state index >= 15 is 0 Å². The Morgan fingerprint density at radius 1 is 1.32 bits per heavy atom. The summed E-state index contributed by atoms with van der Waals surface area (Å²) in [6, 6.07) is 9.85. The average Bonchev–Trinajstić information content (AvgIpc) is 2.42. The molecule has 2 N–H and O–H groups in total. The molecule has 3 nitrogen and oxygen atoms in total. The van der Waals surface area contributed by atoms with E-state index in [1.54, 1.807) is 7.11 Å². The molecule has 0 aliphatic carbocycles. The second-order valence-electron chi connectivity index (χ2n) is 4.50. The topological polar surface area (TPSA) is 48.1 Å². The summed E-state index contributed by atoms with van der Waals surface area (Å²) in [4.78, 5) is 4.28. The molecule has 0 amide bonds. The first-order valence-corrected chi connectivity index (χ1v) is 6.90. The maximum Gasteiger partial charge on any atom is 0.119 e. The zero-order valence-electron chi connectivity index (χ0n) is 11.1. The molecule has 0 spiro atoms. The highest BCUT2D eigenvalue weighted by Crippen LogP contribution is 2.26. The number of ether oxygens (including phenoxy) is 1. The predicted molar refractivity (Wildman–Crippen MR) is 80.3 cm³/mol. The highest BCUT2D eigenvalue weighted by molar-refractivity contribution is 9.10. The number of aryl methyl sites for hydroxylation is 1. The molecule has 0 bridgehead atoms. The molecule has 1 heterocycles. The smallest absolute Gasteiger partial charge is 0.119 e. The molecule has 1 aromatic carbocycles. The Morgan fingerprint density at radius 2 is 2.11 bits per heavy atom. The van der Waals surface area contributed by atoms with E-state index in [4.69, 9.17) is 10.5 Å². The highest BCUT2D eigenvalue weighted by atomic mass is 79.9. The van der Waals surface area contributed by atoms with E-state index in [0.717, 1.165) is 33.5 Å². The van der Waals surface area contributed by atoms with Crippen LogP contribution < -0.4 is 10.5 Å². The normalized spacial score (nSPS) is 12.2. The van der Waals surface area contributed by atoms with Gasteiger partial charge in [0.2, 0.25) is 0 Å². The molecule has 0 aliphatic heterocycles. The van der Waals surface area contributed by atoms with Gasteiger partial charge in [0.15, 0.2) is 0 Å². The molecule has 0 radical (unpaired) electrons. The second kappa shape index (κ2) is 6.17. The van der Waals surface area contributed by atoms with E-state index in [2.05, 4.69) is 20.9 Å². The molecule has 2 rings (SSSR count). The van der Waals surface area contributed by atoms with Crippen LogP contribution in [0.5, 0.6) is 5.75 Å². The molecular formula is C15H17BrN2O. The fraction of sp³-hybridized carbons (Fsp3) is 0.267. The lowest BCUT2D eigenvalue weighted by atomic mass is 10.0. The lowest BCUT2D eigenvalue weighted by molar-refractivity contribution is 0.414. The number of rotatable bonds is 4. The Hall–Kier alpha value is -1.39. The van der Waals surface area contributed by atoms with Crippen molar-refractivity contribution in [2.45, 2.75) is 19.4 Å². The molecule has 19 heavy (non-hydrogen) atoms. The van der Waals surface area contributed by atoms with Gasteiger partial charge >= 0.3 is 0 Å². The van der Waals surface area contributed by atoms with Crippen molar-refractivity contribution in [3.63, 3.8) is 0 Å². The van der Waals surface area contributed by atoms with Crippen LogP contribution in [0, 0.1) is 6.92 Å². The maximum absolute atomic E-state index is 6.24. The summed E-state index contributed by atoms with van der Waals surface area (Å²) in [6.07, 6.45) is 2.58. The minimum Gasteiger partial charge on any atom is -0.497 e. The molecule has 2 aromatic rings. The van der Waals surface area contributed by atoms with E-state index in [-0.39, 0.29) is 6.04 Å². The van der Waals surface area contributed by atoms with Crippen LogP contribution in [0.3, 0.4) is 0 Å². The molecule has 4 heteroatoms. The van der Waals surface area contributed by atoms with E-state index in [9.17, 15) is 0 Å². The van der Waals surface area contributed by atoms with Crippen molar-refractivity contribution < 1.29 is 4.74 Å². The standard InChI is InChI=1S/C15H17BrN2O/c1-10-3-4-11(9-18-10)15(17)8-12-7-13(19-2)5-6-14(12)16/h3-7,9,15H,8,17H2,1-2H3. The number of hydrogen-bond acceptors (Lipinski definition) is 3. The Balaban J connectivity index is 2.18. The molecule has 0 aliphatic rings. The molecule has 0 fully saturated rings. The van der Waals surface area contributed by atoms with Crippen molar-refractivity contribution in [1.82, 2.24) is 4.98 Å². The maximum atomic E-state index is 6.24. The van der Waals surface area contributed by atoms with Crippen molar-refractivity contribution in [3.05, 3.63) is 57.8 Å². The summed E-state index contributed by atoms with van der Waals surface area (Å²) in [6.45, 7) is 1.97. The van der Waals surface area contributed by atoms with Crippen molar-refractivity contribution in [2.24, 2.45) is 5.73 Å². The van der Waals surface area contributed by atoms with Crippen molar-refractivity contribution in [1.29, 1.82) is 0 Å². The number of benzene rings is 1. The highest BCUT2D eigenvalue weighted by Gasteiger charge is 2.10. The quantitative estimate of drug-likeness (QED) is 0.939. The van der Waals surface area contributed by atoms with E-state index in [0.29, 0.717) is 0 Å². The van der Waals surface area contributed by atoms with Crippen LogP contribution in [0.2, 0.25) is 0 Å². The SMILES string of the molecule is COc1ccc(Br)c(CC(N)c2ccc(C)nc2)c1. The first kappa shape index (κ1) is 14.0. The fourth-order valence-electron chi connectivity index (χ4n) is 1.89. The van der Waals surface area contributed by atoms with E-state index in [1.165, 1.54) is 0 Å². The van der Waals surface area contributed by atoms with Crippen LogP contribution >= 0.6 is 15.9 Å². The van der Waals surface area contributed by atoms with Gasteiger partial charge in [-0.25, -0.2) is 0 Å². The Morgan fingerprint density at radius 3 is 2.74 bits per heavy atom. The van der Waals surface area contributed by atoms with Crippen LogP contribution in [0.1, 0.15) is 22.9 Å². The number of hydrogen-bond donors (Lipinski definition) is 1. The monoisotopic (exact) mass is 320 g/mol. The lowest BCUT2D eigenvalue weighted by Crippen LogP contribution is -2.14. The average molecular weight is 321 g/mol. The number of nitrogens with zero attached hydrogens (tertiary/aromatic N) is 1. The van der Waals surface area contributed by atoms with Gasteiger partial charge in [0.1, 0.15) is 5.75 Å². The molecule has 1 atom stereocenters. The first-order valence-electron chi connectivity index (χ1n) is 6.10. The summed E-state index contributed by atoms with van der Waals surface area (Å²) < 4.78 is 6.28. The first-order chi connectivity index (χ1) is 9.10. The predicted octanol–water partition coefficient (Wildman–Crippen LogP) is 3.40. The van der Waals surface area contributed by atoms with Gasteiger partial charge in [-0.1, -0.05) is 22.0 Å². The van der Waals surface area contributed by atoms with Gasteiger partial charge in [0.05, 0.1) is 7.11 Å². The molecule has 1 aromatic heterocycles. The number of nitrogens with two attached hydrogens (primary N) is 1. The zero-order valence-corrected chi connectivity index (χ0v) is 12.6. The van der Waals surface area contributed by atoms with Gasteiger partial charge in [-0.15, -0.1) is 0 Å². The summed E-state index contributed by atoms with van der Waals surface area (Å²) in [5.74, 6) is 0.840. The van der Waals surface area contributed by atoms with Crippen LogP contribution in [-0.4, -0.2) is 12.1 Å². The minimum absolute atomic E-state index is 0.0727. The third-order valence-electron chi connectivity index (χ3n) is 3.06. The molecule has 0 saturated carbocycles. The second-order valence-corrected chi connectivity index (χ2v) is 5.36. The Kier molecular flexibility index (Phi) is 4.56. The van der Waals surface area contributed by atoms with Crippen LogP contribution in [-0.2, 0) is 6.42 Å². The van der Waals surface area contributed by atoms with Crippen LogP contribution in [0.4, 0.5) is 0 Å². The number of methoxy groups -OCH3 is 1. The van der Waals surface area contributed by atoms with E-state index in [1.807, 2.05) is 43.5 Å². The minimum atomic E-state index is -0.0727. The van der Waals surface area contributed by atoms with Gasteiger partial charge < -0.3 is 10.5 Å². The third kappa shape index (κ3) is 3.55. The van der Waals surface area contributed by atoms with Crippen LogP contribution in [0.25, 0.3) is 0 Å². The summed E-state index contributed by atoms with van der Waals surface area (Å²) in [5.41, 5.74) is 9.41. The molecule has 100 valence electrons. The lowest BCUT2D eigenvalue weighted by Gasteiger charge is -2.14. The Bertz CT molecular complexity index is 555. The van der Waals surface area contributed by atoms with Gasteiger partial charge in [-0.05, 0) is 48.7 Å². The number of halogens is 1.